The van der Waals surface area contributed by atoms with Crippen molar-refractivity contribution in [3.63, 3.8) is 0 Å². The van der Waals surface area contributed by atoms with Gasteiger partial charge in [-0.05, 0) is 31.4 Å². The van der Waals surface area contributed by atoms with Crippen LogP contribution in [0.15, 0.2) is 36.0 Å². The van der Waals surface area contributed by atoms with Gasteiger partial charge in [0.1, 0.15) is 11.6 Å². The lowest BCUT2D eigenvalue weighted by molar-refractivity contribution is -0.114. The first-order chi connectivity index (χ1) is 10.1. The van der Waals surface area contributed by atoms with E-state index < -0.39 is 6.10 Å². The van der Waals surface area contributed by atoms with E-state index in [4.69, 9.17) is 0 Å². The van der Waals surface area contributed by atoms with Crippen LogP contribution in [-0.4, -0.2) is 30.2 Å². The van der Waals surface area contributed by atoms with Crippen LogP contribution in [0.25, 0.3) is 0 Å². The van der Waals surface area contributed by atoms with Crippen molar-refractivity contribution in [2.24, 2.45) is 0 Å². The van der Waals surface area contributed by atoms with E-state index in [2.05, 4.69) is 5.32 Å². The largest absolute Gasteiger partial charge is 0.392 e. The molecule has 0 spiro atoms. The molecule has 0 saturated carbocycles. The fourth-order valence-electron chi connectivity index (χ4n) is 2.36. The number of rotatable bonds is 4. The second kappa shape index (κ2) is 6.91. The lowest BCUT2D eigenvalue weighted by Crippen LogP contribution is -2.36. The summed E-state index contributed by atoms with van der Waals surface area (Å²) in [6, 6.07) is 9.70. The van der Waals surface area contributed by atoms with E-state index in [1.54, 1.807) is 11.8 Å². The monoisotopic (exact) mass is 285 g/mol. The fourth-order valence-corrected chi connectivity index (χ4v) is 2.36. The molecular formula is C16H19N3O2. The van der Waals surface area contributed by atoms with Gasteiger partial charge >= 0.3 is 0 Å². The van der Waals surface area contributed by atoms with Crippen molar-refractivity contribution in [1.29, 1.82) is 5.26 Å². The number of aliphatic hydroxyl groups excluding tert-OH is 1. The molecule has 5 heteroatoms. The Labute approximate surface area is 124 Å². The highest BCUT2D eigenvalue weighted by atomic mass is 16.3. The summed E-state index contributed by atoms with van der Waals surface area (Å²) in [6.45, 7) is 2.55. The number of nitrogens with zero attached hydrogens (tertiary/aromatic N) is 2. The van der Waals surface area contributed by atoms with E-state index in [0.717, 1.165) is 24.1 Å². The predicted molar refractivity (Wildman–Crippen MR) is 80.5 cm³/mol. The van der Waals surface area contributed by atoms with Gasteiger partial charge in [0.25, 0.3) is 5.91 Å². The minimum absolute atomic E-state index is 0.0485. The smallest absolute Gasteiger partial charge is 0.270 e. The van der Waals surface area contributed by atoms with Crippen molar-refractivity contribution in [2.75, 3.05) is 18.0 Å². The maximum atomic E-state index is 12.5. The number of para-hydroxylation sites is 1. The Morgan fingerprint density at radius 2 is 2.33 bits per heavy atom. The van der Waals surface area contributed by atoms with Crippen LogP contribution in [-0.2, 0) is 11.2 Å². The summed E-state index contributed by atoms with van der Waals surface area (Å²) in [7, 11) is 0. The van der Waals surface area contributed by atoms with Crippen molar-refractivity contribution in [3.05, 3.63) is 41.6 Å². The van der Waals surface area contributed by atoms with E-state index in [1.165, 1.54) is 6.20 Å². The first kappa shape index (κ1) is 15.1. The number of carbonyl (C=O) groups is 1. The van der Waals surface area contributed by atoms with E-state index >= 15 is 0 Å². The number of aryl methyl sites for hydroxylation is 1. The Morgan fingerprint density at radius 3 is 3.05 bits per heavy atom. The molecule has 2 N–H and O–H groups in total. The lowest BCUT2D eigenvalue weighted by atomic mass is 10.0. The SMILES string of the molecule is CC(O)CN/C=C(/C#N)C(=O)N1CCCc2ccccc21. The molecule has 0 radical (unpaired) electrons. The van der Waals surface area contributed by atoms with E-state index in [1.807, 2.05) is 30.3 Å². The van der Waals surface area contributed by atoms with Crippen molar-refractivity contribution in [2.45, 2.75) is 25.9 Å². The summed E-state index contributed by atoms with van der Waals surface area (Å²) in [5.74, 6) is -0.303. The molecule has 0 bridgehead atoms. The molecule has 110 valence electrons. The van der Waals surface area contributed by atoms with E-state index in [9.17, 15) is 15.2 Å². The molecule has 0 aliphatic carbocycles. The number of nitrogens with one attached hydrogen (secondary N) is 1. The molecule has 1 aromatic carbocycles. The van der Waals surface area contributed by atoms with Gasteiger partial charge in [-0.2, -0.15) is 5.26 Å². The first-order valence-electron chi connectivity index (χ1n) is 7.05. The number of carbonyl (C=O) groups excluding carboxylic acids is 1. The Kier molecular flexibility index (Phi) is 4.96. The second-order valence-electron chi connectivity index (χ2n) is 5.12. The summed E-state index contributed by atoms with van der Waals surface area (Å²) in [5, 5.41) is 21.2. The number of hydrogen-bond acceptors (Lipinski definition) is 4. The van der Waals surface area contributed by atoms with Crippen LogP contribution in [0.4, 0.5) is 5.69 Å². The molecular weight excluding hydrogens is 266 g/mol. The van der Waals surface area contributed by atoms with Gasteiger partial charge in [0.15, 0.2) is 0 Å². The maximum Gasteiger partial charge on any atom is 0.270 e. The molecule has 1 heterocycles. The molecule has 1 aliphatic rings. The van der Waals surface area contributed by atoms with Gasteiger partial charge in [0, 0.05) is 25.0 Å². The topological polar surface area (TPSA) is 76.4 Å². The number of amides is 1. The number of nitriles is 1. The van der Waals surface area contributed by atoms with Crippen LogP contribution in [0.3, 0.4) is 0 Å². The molecule has 1 atom stereocenters. The highest BCUT2D eigenvalue weighted by molar-refractivity contribution is 6.08. The molecule has 0 fully saturated rings. The van der Waals surface area contributed by atoms with Crippen LogP contribution >= 0.6 is 0 Å². The number of benzene rings is 1. The van der Waals surface area contributed by atoms with Crippen molar-refractivity contribution < 1.29 is 9.90 Å². The number of aliphatic hydroxyl groups is 1. The van der Waals surface area contributed by atoms with Gasteiger partial charge < -0.3 is 15.3 Å². The minimum Gasteiger partial charge on any atom is -0.392 e. The van der Waals surface area contributed by atoms with E-state index in [-0.39, 0.29) is 11.5 Å². The van der Waals surface area contributed by atoms with E-state index in [0.29, 0.717) is 13.1 Å². The zero-order valence-electron chi connectivity index (χ0n) is 12.0. The van der Waals surface area contributed by atoms with Gasteiger partial charge in [-0.3, -0.25) is 4.79 Å². The minimum atomic E-state index is -0.535. The molecule has 1 amide bonds. The van der Waals surface area contributed by atoms with Gasteiger partial charge in [-0.25, -0.2) is 0 Å². The Bertz CT molecular complexity index is 587. The van der Waals surface area contributed by atoms with Gasteiger partial charge in [-0.15, -0.1) is 0 Å². The summed E-state index contributed by atoms with van der Waals surface area (Å²) >= 11 is 0. The molecule has 0 saturated heterocycles. The zero-order chi connectivity index (χ0) is 15.2. The standard InChI is InChI=1S/C16H19N3O2/c1-12(20)10-18-11-14(9-17)16(21)19-8-4-6-13-5-2-3-7-15(13)19/h2-3,5,7,11-12,18,20H,4,6,8,10H2,1H3/b14-11-. The third-order valence-electron chi connectivity index (χ3n) is 3.37. The van der Waals surface area contributed by atoms with Crippen LogP contribution in [0, 0.1) is 11.3 Å². The first-order valence-corrected chi connectivity index (χ1v) is 7.05. The highest BCUT2D eigenvalue weighted by Crippen LogP contribution is 2.27. The average Bonchev–Trinajstić information content (AvgIpc) is 2.50. The molecule has 1 aliphatic heterocycles. The summed E-state index contributed by atoms with van der Waals surface area (Å²) in [6.07, 6.45) is 2.69. The number of hydrogen-bond donors (Lipinski definition) is 2. The van der Waals surface area contributed by atoms with Gasteiger partial charge in [-0.1, -0.05) is 18.2 Å². The molecule has 5 nitrogen and oxygen atoms in total. The van der Waals surface area contributed by atoms with Crippen LogP contribution in [0.5, 0.6) is 0 Å². The normalized spacial score (nSPS) is 15.9. The summed E-state index contributed by atoms with van der Waals surface area (Å²) in [4.78, 5) is 14.2. The third kappa shape index (κ3) is 3.61. The predicted octanol–water partition coefficient (Wildman–Crippen LogP) is 1.34. The number of fused-ring (bicyclic) bond motifs is 1. The third-order valence-corrected chi connectivity index (χ3v) is 3.37. The maximum absolute atomic E-state index is 12.5. The fraction of sp³-hybridized carbons (Fsp3) is 0.375. The van der Waals surface area contributed by atoms with Gasteiger partial charge in [0.2, 0.25) is 0 Å². The average molecular weight is 285 g/mol. The van der Waals surface area contributed by atoms with Crippen LogP contribution in [0.2, 0.25) is 0 Å². The van der Waals surface area contributed by atoms with Crippen LogP contribution in [0.1, 0.15) is 18.9 Å². The molecule has 1 aromatic rings. The molecule has 1 unspecified atom stereocenters. The van der Waals surface area contributed by atoms with Crippen molar-refractivity contribution in [3.8, 4) is 6.07 Å². The second-order valence-corrected chi connectivity index (χ2v) is 5.12. The summed E-state index contributed by atoms with van der Waals surface area (Å²) in [5.41, 5.74) is 2.06. The summed E-state index contributed by atoms with van der Waals surface area (Å²) < 4.78 is 0. The Balaban J connectivity index is 2.18. The van der Waals surface area contributed by atoms with Gasteiger partial charge in [0.05, 0.1) is 6.10 Å². The molecule has 21 heavy (non-hydrogen) atoms. The Morgan fingerprint density at radius 1 is 1.57 bits per heavy atom. The van der Waals surface area contributed by atoms with Crippen LogP contribution < -0.4 is 10.2 Å². The molecule has 2 rings (SSSR count). The lowest BCUT2D eigenvalue weighted by Gasteiger charge is -2.29. The number of anilines is 1. The highest BCUT2D eigenvalue weighted by Gasteiger charge is 2.24. The Hall–Kier alpha value is -2.32. The quantitative estimate of drug-likeness (QED) is 0.646. The molecule has 0 aromatic heterocycles. The zero-order valence-corrected chi connectivity index (χ0v) is 12.0. The van der Waals surface area contributed by atoms with Crippen molar-refractivity contribution in [1.82, 2.24) is 5.32 Å². The van der Waals surface area contributed by atoms with Crippen molar-refractivity contribution >= 4 is 11.6 Å².